The fourth-order valence-electron chi connectivity index (χ4n) is 1.04. The first-order chi connectivity index (χ1) is 5.84. The number of aliphatic hydroxyl groups excluding tert-OH is 1. The van der Waals surface area contributed by atoms with Crippen molar-refractivity contribution < 1.29 is 5.11 Å². The molecule has 0 saturated carbocycles. The van der Waals surface area contributed by atoms with Crippen molar-refractivity contribution in [2.24, 2.45) is 0 Å². The lowest BCUT2D eigenvalue weighted by Gasteiger charge is -2.07. The molecule has 1 aromatic rings. The summed E-state index contributed by atoms with van der Waals surface area (Å²) in [5.74, 6) is 0. The van der Waals surface area contributed by atoms with Gasteiger partial charge < -0.3 is 10.4 Å². The van der Waals surface area contributed by atoms with E-state index in [2.05, 4.69) is 12.2 Å². The first kappa shape index (κ1) is 13.0. The summed E-state index contributed by atoms with van der Waals surface area (Å²) in [6.07, 6.45) is 0.512. The van der Waals surface area contributed by atoms with Crippen LogP contribution < -0.4 is 5.32 Å². The van der Waals surface area contributed by atoms with Crippen molar-refractivity contribution in [2.45, 2.75) is 19.4 Å². The number of hydrogen-bond acceptors (Lipinski definition) is 3. The van der Waals surface area contributed by atoms with Crippen LogP contribution in [0, 0.1) is 0 Å². The molecular weight excluding hydrogens is 202 g/mol. The van der Waals surface area contributed by atoms with Crippen LogP contribution in [-0.4, -0.2) is 18.2 Å². The molecule has 1 heterocycles. The highest BCUT2D eigenvalue weighted by Crippen LogP contribution is 2.20. The summed E-state index contributed by atoms with van der Waals surface area (Å²) >= 11 is 1.61. The molecule has 0 spiro atoms. The highest BCUT2D eigenvalue weighted by molar-refractivity contribution is 7.59. The van der Waals surface area contributed by atoms with E-state index in [0.29, 0.717) is 0 Å². The van der Waals surface area contributed by atoms with Gasteiger partial charge in [-0.1, -0.05) is 13.0 Å². The molecule has 1 aromatic heterocycles. The normalized spacial score (nSPS) is 12.2. The molecule has 0 saturated heterocycles. The van der Waals surface area contributed by atoms with Crippen molar-refractivity contribution in [3.63, 3.8) is 0 Å². The molecule has 0 aliphatic rings. The number of rotatable bonds is 5. The van der Waals surface area contributed by atoms with Gasteiger partial charge >= 0.3 is 0 Å². The predicted molar refractivity (Wildman–Crippen MR) is 62.8 cm³/mol. The molecular formula is C9H17NOS2. The van der Waals surface area contributed by atoms with Gasteiger partial charge in [-0.25, -0.2) is 0 Å². The van der Waals surface area contributed by atoms with Gasteiger partial charge in [0.05, 0.1) is 6.10 Å². The number of aliphatic hydroxyl groups is 1. The fourth-order valence-corrected chi connectivity index (χ4v) is 1.79. The Kier molecular flexibility index (Phi) is 7.36. The maximum atomic E-state index is 9.61. The minimum atomic E-state index is -0.288. The second-order valence-corrected chi connectivity index (χ2v) is 3.65. The van der Waals surface area contributed by atoms with E-state index >= 15 is 0 Å². The van der Waals surface area contributed by atoms with Gasteiger partial charge in [0.15, 0.2) is 0 Å². The first-order valence-electron chi connectivity index (χ1n) is 4.26. The lowest BCUT2D eigenvalue weighted by Crippen LogP contribution is -2.16. The Balaban J connectivity index is 0.00000144. The van der Waals surface area contributed by atoms with Gasteiger partial charge in [-0.05, 0) is 31.0 Å². The molecule has 2 nitrogen and oxygen atoms in total. The van der Waals surface area contributed by atoms with Gasteiger partial charge in [-0.3, -0.25) is 0 Å². The smallest absolute Gasteiger partial charge is 0.0894 e. The van der Waals surface area contributed by atoms with Crippen LogP contribution in [0.2, 0.25) is 0 Å². The lowest BCUT2D eigenvalue weighted by molar-refractivity contribution is 0.171. The van der Waals surface area contributed by atoms with Gasteiger partial charge in [0, 0.05) is 4.88 Å². The van der Waals surface area contributed by atoms with Crippen LogP contribution in [0.4, 0.5) is 0 Å². The topological polar surface area (TPSA) is 32.3 Å². The zero-order valence-electron chi connectivity index (χ0n) is 7.79. The van der Waals surface area contributed by atoms with Crippen molar-refractivity contribution in [3.05, 3.63) is 22.4 Å². The third-order valence-electron chi connectivity index (χ3n) is 1.72. The summed E-state index contributed by atoms with van der Waals surface area (Å²) in [6.45, 7) is 3.92. The summed E-state index contributed by atoms with van der Waals surface area (Å²) < 4.78 is 0. The second kappa shape index (κ2) is 7.38. The standard InChI is InChI=1S/C9H15NOS.H2S/c1-2-10-6-5-8(11)9-4-3-7-12-9;/h3-4,7-8,10-11H,2,5-6H2,1H3;1H2/t8-;/m0./s1. The quantitative estimate of drug-likeness (QED) is 0.741. The van der Waals surface area contributed by atoms with Crippen LogP contribution in [-0.2, 0) is 0 Å². The minimum Gasteiger partial charge on any atom is -0.388 e. The third-order valence-corrected chi connectivity index (χ3v) is 2.69. The summed E-state index contributed by atoms with van der Waals surface area (Å²) in [5.41, 5.74) is 0. The van der Waals surface area contributed by atoms with E-state index < -0.39 is 0 Å². The van der Waals surface area contributed by atoms with Crippen LogP contribution in [0.5, 0.6) is 0 Å². The first-order valence-corrected chi connectivity index (χ1v) is 5.14. The number of hydrogen-bond donors (Lipinski definition) is 2. The van der Waals surface area contributed by atoms with Crippen LogP contribution in [0.15, 0.2) is 17.5 Å². The molecule has 0 radical (unpaired) electrons. The third kappa shape index (κ3) is 4.67. The summed E-state index contributed by atoms with van der Waals surface area (Å²) in [7, 11) is 0. The van der Waals surface area contributed by atoms with Crippen molar-refractivity contribution in [1.82, 2.24) is 5.32 Å². The van der Waals surface area contributed by atoms with Gasteiger partial charge in [-0.2, -0.15) is 13.5 Å². The monoisotopic (exact) mass is 219 g/mol. The molecule has 4 heteroatoms. The van der Waals surface area contributed by atoms with Gasteiger partial charge in [0.2, 0.25) is 0 Å². The molecule has 76 valence electrons. The zero-order chi connectivity index (χ0) is 8.81. The Morgan fingerprint density at radius 3 is 2.92 bits per heavy atom. The molecule has 2 N–H and O–H groups in total. The molecule has 0 aliphatic heterocycles. The van der Waals surface area contributed by atoms with E-state index in [1.54, 1.807) is 11.3 Å². The van der Waals surface area contributed by atoms with E-state index in [9.17, 15) is 5.11 Å². The van der Waals surface area contributed by atoms with Gasteiger partial charge in [0.25, 0.3) is 0 Å². The van der Waals surface area contributed by atoms with Gasteiger partial charge in [-0.15, -0.1) is 11.3 Å². The highest BCUT2D eigenvalue weighted by Gasteiger charge is 2.06. The van der Waals surface area contributed by atoms with E-state index in [0.717, 1.165) is 24.4 Å². The molecule has 0 amide bonds. The summed E-state index contributed by atoms with van der Waals surface area (Å²) in [6, 6.07) is 3.94. The maximum Gasteiger partial charge on any atom is 0.0894 e. The summed E-state index contributed by atoms with van der Waals surface area (Å²) in [5, 5.41) is 14.8. The largest absolute Gasteiger partial charge is 0.388 e. The molecule has 0 aliphatic carbocycles. The number of nitrogens with one attached hydrogen (secondary N) is 1. The van der Waals surface area contributed by atoms with Crippen molar-refractivity contribution in [2.75, 3.05) is 13.1 Å². The minimum absolute atomic E-state index is 0. The molecule has 13 heavy (non-hydrogen) atoms. The van der Waals surface area contributed by atoms with Crippen molar-refractivity contribution >= 4 is 24.8 Å². The van der Waals surface area contributed by atoms with Gasteiger partial charge in [0.1, 0.15) is 0 Å². The predicted octanol–water partition coefficient (Wildman–Crippen LogP) is 1.89. The molecule has 1 atom stereocenters. The van der Waals surface area contributed by atoms with Crippen molar-refractivity contribution in [3.8, 4) is 0 Å². The highest BCUT2D eigenvalue weighted by atomic mass is 32.1. The summed E-state index contributed by atoms with van der Waals surface area (Å²) in [4.78, 5) is 1.06. The Morgan fingerprint density at radius 1 is 1.62 bits per heavy atom. The van der Waals surface area contributed by atoms with Crippen LogP contribution >= 0.6 is 24.8 Å². The Hall–Kier alpha value is -0.0300. The van der Waals surface area contributed by atoms with Crippen LogP contribution in [0.1, 0.15) is 24.3 Å². The Morgan fingerprint density at radius 2 is 2.38 bits per heavy atom. The zero-order valence-corrected chi connectivity index (χ0v) is 9.60. The van der Waals surface area contributed by atoms with E-state index in [1.807, 2.05) is 17.5 Å². The Labute approximate surface area is 90.4 Å². The number of thiophene rings is 1. The average molecular weight is 219 g/mol. The van der Waals surface area contributed by atoms with E-state index in [4.69, 9.17) is 0 Å². The molecule has 0 bridgehead atoms. The van der Waals surface area contributed by atoms with Crippen LogP contribution in [0.3, 0.4) is 0 Å². The molecule has 0 aromatic carbocycles. The second-order valence-electron chi connectivity index (χ2n) is 2.67. The fraction of sp³-hybridized carbons (Fsp3) is 0.556. The van der Waals surface area contributed by atoms with Crippen LogP contribution in [0.25, 0.3) is 0 Å². The lowest BCUT2D eigenvalue weighted by atomic mass is 10.2. The maximum absolute atomic E-state index is 9.61. The average Bonchev–Trinajstić information content (AvgIpc) is 2.56. The Bertz CT molecular complexity index is 201. The molecule has 0 unspecified atom stereocenters. The molecule has 1 rings (SSSR count). The van der Waals surface area contributed by atoms with Crippen molar-refractivity contribution in [1.29, 1.82) is 0 Å². The van der Waals surface area contributed by atoms with E-state index in [-0.39, 0.29) is 19.6 Å². The van der Waals surface area contributed by atoms with E-state index in [1.165, 1.54) is 0 Å². The SMILES string of the molecule is CCNCC[C@H](O)c1cccs1.S. The molecule has 0 fully saturated rings.